The second kappa shape index (κ2) is 4.44. The third-order valence-corrected chi connectivity index (χ3v) is 3.87. The Balaban J connectivity index is 1.83. The predicted octanol–water partition coefficient (Wildman–Crippen LogP) is 1.10. The maximum atomic E-state index is 11.9. The minimum atomic E-state index is -0.528. The molecular weight excluding hydrogens is 206 g/mol. The third-order valence-electron chi connectivity index (χ3n) is 3.87. The van der Waals surface area contributed by atoms with Crippen molar-refractivity contribution in [3.05, 3.63) is 0 Å². The molecule has 1 N–H and O–H groups in total. The zero-order valence-electron chi connectivity index (χ0n) is 9.86. The van der Waals surface area contributed by atoms with E-state index in [0.717, 1.165) is 0 Å². The van der Waals surface area contributed by atoms with Crippen molar-refractivity contribution in [2.45, 2.75) is 38.6 Å². The summed E-state index contributed by atoms with van der Waals surface area (Å²) in [5, 5.41) is 2.74. The molecule has 0 heterocycles. The fraction of sp³-hybridized carbons (Fsp3) is 0.833. The molecule has 2 aliphatic carbocycles. The lowest BCUT2D eigenvalue weighted by Crippen LogP contribution is -2.40. The highest BCUT2D eigenvalue weighted by Gasteiger charge is 2.54. The molecule has 0 radical (unpaired) electrons. The van der Waals surface area contributed by atoms with E-state index in [-0.39, 0.29) is 17.8 Å². The van der Waals surface area contributed by atoms with Crippen LogP contribution in [0.1, 0.15) is 32.6 Å². The van der Waals surface area contributed by atoms with Gasteiger partial charge in [-0.25, -0.2) is 4.79 Å². The lowest BCUT2D eigenvalue weighted by molar-refractivity contribution is -0.144. The van der Waals surface area contributed by atoms with Crippen molar-refractivity contribution < 1.29 is 14.3 Å². The first-order valence-corrected chi connectivity index (χ1v) is 6.03. The van der Waals surface area contributed by atoms with Gasteiger partial charge in [0.15, 0.2) is 0 Å². The fourth-order valence-electron chi connectivity index (χ4n) is 2.93. The van der Waals surface area contributed by atoms with Crippen LogP contribution in [0.25, 0.3) is 0 Å². The lowest BCUT2D eigenvalue weighted by atomic mass is 10.0. The molecule has 0 aliphatic heterocycles. The highest BCUT2D eigenvalue weighted by atomic mass is 16.5. The summed E-state index contributed by atoms with van der Waals surface area (Å²) in [7, 11) is 1.34. The molecule has 3 unspecified atom stereocenters. The van der Waals surface area contributed by atoms with E-state index >= 15 is 0 Å². The van der Waals surface area contributed by atoms with Gasteiger partial charge in [-0.05, 0) is 31.6 Å². The number of carbonyl (C=O) groups is 2. The van der Waals surface area contributed by atoms with Crippen molar-refractivity contribution >= 4 is 11.9 Å². The number of esters is 1. The number of hydrogen-bond donors (Lipinski definition) is 1. The van der Waals surface area contributed by atoms with Crippen molar-refractivity contribution in [1.82, 2.24) is 5.32 Å². The van der Waals surface area contributed by atoms with Crippen LogP contribution in [0.5, 0.6) is 0 Å². The number of ether oxygens (including phenoxy) is 1. The average Bonchev–Trinajstić information content (AvgIpc) is 3.01. The molecule has 2 rings (SSSR count). The second-order valence-electron chi connectivity index (χ2n) is 4.89. The molecule has 4 heteroatoms. The molecule has 2 aliphatic rings. The molecule has 4 nitrogen and oxygen atoms in total. The molecule has 0 aromatic heterocycles. The van der Waals surface area contributed by atoms with E-state index in [4.69, 9.17) is 0 Å². The van der Waals surface area contributed by atoms with Crippen LogP contribution in [0.4, 0.5) is 0 Å². The minimum absolute atomic E-state index is 0.0369. The van der Waals surface area contributed by atoms with Crippen LogP contribution in [-0.4, -0.2) is 25.0 Å². The molecule has 2 saturated carbocycles. The summed E-state index contributed by atoms with van der Waals surface area (Å²) in [5.74, 6) is 0.985. The zero-order chi connectivity index (χ0) is 11.7. The first kappa shape index (κ1) is 11.4. The minimum Gasteiger partial charge on any atom is -0.467 e. The molecule has 0 bridgehead atoms. The first-order chi connectivity index (χ1) is 7.65. The number of amides is 1. The summed E-state index contributed by atoms with van der Waals surface area (Å²) in [6.45, 7) is 1.66. The lowest BCUT2D eigenvalue weighted by Gasteiger charge is -2.11. The van der Waals surface area contributed by atoms with Gasteiger partial charge in [-0.2, -0.15) is 0 Å². The zero-order valence-corrected chi connectivity index (χ0v) is 9.86. The number of fused-ring (bicyclic) bond motifs is 1. The van der Waals surface area contributed by atoms with Crippen molar-refractivity contribution in [2.24, 2.45) is 17.8 Å². The van der Waals surface area contributed by atoms with E-state index in [0.29, 0.717) is 11.8 Å². The van der Waals surface area contributed by atoms with Gasteiger partial charge in [0.05, 0.1) is 7.11 Å². The number of carbonyl (C=O) groups excluding carboxylic acids is 2. The van der Waals surface area contributed by atoms with Gasteiger partial charge in [0, 0.05) is 5.92 Å². The Morgan fingerprint density at radius 1 is 1.25 bits per heavy atom. The topological polar surface area (TPSA) is 55.4 Å². The summed E-state index contributed by atoms with van der Waals surface area (Å²) in [5.41, 5.74) is 0. The van der Waals surface area contributed by atoms with Crippen molar-refractivity contribution in [1.29, 1.82) is 0 Å². The molecule has 3 atom stereocenters. The quantitative estimate of drug-likeness (QED) is 0.732. The average molecular weight is 225 g/mol. The van der Waals surface area contributed by atoms with Crippen LogP contribution in [0.3, 0.4) is 0 Å². The van der Waals surface area contributed by atoms with Crippen molar-refractivity contribution in [3.8, 4) is 0 Å². The van der Waals surface area contributed by atoms with E-state index < -0.39 is 6.04 Å². The highest BCUT2D eigenvalue weighted by molar-refractivity contribution is 5.87. The van der Waals surface area contributed by atoms with E-state index in [2.05, 4.69) is 10.1 Å². The van der Waals surface area contributed by atoms with Gasteiger partial charge in [-0.15, -0.1) is 0 Å². The third kappa shape index (κ3) is 2.06. The van der Waals surface area contributed by atoms with Gasteiger partial charge in [0.1, 0.15) is 6.04 Å². The first-order valence-electron chi connectivity index (χ1n) is 6.03. The molecule has 0 spiro atoms. The standard InChI is InChI=1S/C12H19NO3/c1-7(12(15)16-2)13-11(14)10-8-5-3-4-6-9(8)10/h7-10H,3-6H2,1-2H3,(H,13,14). The van der Waals surface area contributed by atoms with Gasteiger partial charge in [-0.3, -0.25) is 4.79 Å². The Labute approximate surface area is 95.7 Å². The van der Waals surface area contributed by atoms with E-state index in [9.17, 15) is 9.59 Å². The van der Waals surface area contributed by atoms with Gasteiger partial charge in [-0.1, -0.05) is 12.8 Å². The largest absolute Gasteiger partial charge is 0.467 e. The molecule has 90 valence electrons. The second-order valence-corrected chi connectivity index (χ2v) is 4.89. The SMILES string of the molecule is COC(=O)C(C)NC(=O)C1C2CCCCC21. The molecular formula is C12H19NO3. The summed E-state index contributed by atoms with van der Waals surface area (Å²) in [6, 6.07) is -0.528. The van der Waals surface area contributed by atoms with Crippen LogP contribution < -0.4 is 5.32 Å². The number of hydrogen-bond acceptors (Lipinski definition) is 3. The summed E-state index contributed by atoms with van der Waals surface area (Å²) in [6.07, 6.45) is 4.85. The molecule has 2 fully saturated rings. The van der Waals surface area contributed by atoms with Crippen LogP contribution in [0.2, 0.25) is 0 Å². The van der Waals surface area contributed by atoms with Gasteiger partial charge >= 0.3 is 5.97 Å². The Morgan fingerprint density at radius 2 is 1.81 bits per heavy atom. The molecule has 16 heavy (non-hydrogen) atoms. The van der Waals surface area contributed by atoms with Crippen LogP contribution >= 0.6 is 0 Å². The number of methoxy groups -OCH3 is 1. The Morgan fingerprint density at radius 3 is 2.31 bits per heavy atom. The normalized spacial score (nSPS) is 33.5. The van der Waals surface area contributed by atoms with E-state index in [1.165, 1.54) is 32.8 Å². The molecule has 0 aromatic rings. The maximum Gasteiger partial charge on any atom is 0.328 e. The predicted molar refractivity (Wildman–Crippen MR) is 58.6 cm³/mol. The summed E-state index contributed by atoms with van der Waals surface area (Å²) >= 11 is 0. The van der Waals surface area contributed by atoms with Gasteiger partial charge < -0.3 is 10.1 Å². The summed E-state index contributed by atoms with van der Waals surface area (Å²) < 4.78 is 4.58. The Hall–Kier alpha value is -1.06. The molecule has 0 saturated heterocycles. The van der Waals surface area contributed by atoms with Crippen molar-refractivity contribution in [2.75, 3.05) is 7.11 Å². The van der Waals surface area contributed by atoms with Crippen LogP contribution in [-0.2, 0) is 14.3 Å². The molecule has 0 aromatic carbocycles. The Kier molecular flexibility index (Phi) is 3.17. The summed E-state index contributed by atoms with van der Waals surface area (Å²) in [4.78, 5) is 23.1. The smallest absolute Gasteiger partial charge is 0.328 e. The van der Waals surface area contributed by atoms with Crippen LogP contribution in [0.15, 0.2) is 0 Å². The number of nitrogens with one attached hydrogen (secondary N) is 1. The van der Waals surface area contributed by atoms with Gasteiger partial charge in [0.25, 0.3) is 0 Å². The van der Waals surface area contributed by atoms with Crippen molar-refractivity contribution in [3.63, 3.8) is 0 Å². The fourth-order valence-corrected chi connectivity index (χ4v) is 2.93. The monoisotopic (exact) mass is 225 g/mol. The number of rotatable bonds is 3. The van der Waals surface area contributed by atoms with E-state index in [1.54, 1.807) is 6.92 Å². The van der Waals surface area contributed by atoms with E-state index in [1.807, 2.05) is 0 Å². The van der Waals surface area contributed by atoms with Gasteiger partial charge in [0.2, 0.25) is 5.91 Å². The maximum absolute atomic E-state index is 11.9. The Bertz CT molecular complexity index is 291. The van der Waals surface area contributed by atoms with Crippen LogP contribution in [0, 0.1) is 17.8 Å². The molecule has 1 amide bonds. The highest BCUT2D eigenvalue weighted by Crippen LogP contribution is 2.55.